The predicted molar refractivity (Wildman–Crippen MR) is 117 cm³/mol. The Bertz CT molecular complexity index is 1010. The fourth-order valence-electron chi connectivity index (χ4n) is 6.13. The zero-order chi connectivity index (χ0) is 21.9. The van der Waals surface area contributed by atoms with Crippen LogP contribution >= 0.6 is 0 Å². The minimum atomic E-state index is -0.870. The summed E-state index contributed by atoms with van der Waals surface area (Å²) in [5.74, 6) is -0.313. The molecule has 2 N–H and O–H groups in total. The van der Waals surface area contributed by atoms with Gasteiger partial charge in [0.2, 0.25) is 5.91 Å². The zero-order valence-corrected chi connectivity index (χ0v) is 18.7. The Morgan fingerprint density at radius 2 is 1.97 bits per heavy atom. The Morgan fingerprint density at radius 1 is 1.23 bits per heavy atom. The number of ether oxygens (including phenoxy) is 1. The van der Waals surface area contributed by atoms with Gasteiger partial charge in [-0.1, -0.05) is 20.8 Å². The summed E-state index contributed by atoms with van der Waals surface area (Å²) in [6.45, 7) is 9.63. The monoisotopic (exact) mass is 411 g/mol. The number of primary amides is 1. The minimum Gasteiger partial charge on any atom is -0.370 e. The van der Waals surface area contributed by atoms with Crippen LogP contribution in [0.25, 0.3) is 10.9 Å². The van der Waals surface area contributed by atoms with Crippen molar-refractivity contribution in [1.82, 2.24) is 9.47 Å². The van der Waals surface area contributed by atoms with Crippen LogP contribution in [0.15, 0.2) is 30.5 Å². The van der Waals surface area contributed by atoms with Crippen LogP contribution in [-0.4, -0.2) is 41.0 Å². The molecular formula is C24H33N3O3. The Hall–Kier alpha value is -2.34. The van der Waals surface area contributed by atoms with Gasteiger partial charge < -0.3 is 19.9 Å². The average molecular weight is 412 g/mol. The Morgan fingerprint density at radius 3 is 2.63 bits per heavy atom. The Kier molecular flexibility index (Phi) is 4.77. The van der Waals surface area contributed by atoms with Gasteiger partial charge in [0.1, 0.15) is 5.72 Å². The second kappa shape index (κ2) is 6.84. The number of rotatable bonds is 5. The van der Waals surface area contributed by atoms with E-state index >= 15 is 0 Å². The SMILES string of the molecule is COC(C)(CC(N)=O)n1ccc2cc(C(=O)N3CC4(C)CC3CC(C)(C)C4)ccc21. The van der Waals surface area contributed by atoms with Crippen molar-refractivity contribution in [1.29, 1.82) is 0 Å². The second-order valence-corrected chi connectivity index (χ2v) is 10.6. The van der Waals surface area contributed by atoms with Gasteiger partial charge in [-0.2, -0.15) is 0 Å². The van der Waals surface area contributed by atoms with Crippen LogP contribution in [-0.2, 0) is 15.3 Å². The van der Waals surface area contributed by atoms with E-state index in [2.05, 4.69) is 25.7 Å². The largest absolute Gasteiger partial charge is 0.370 e. The van der Waals surface area contributed by atoms with Crippen LogP contribution in [0.2, 0.25) is 0 Å². The zero-order valence-electron chi connectivity index (χ0n) is 18.7. The van der Waals surface area contributed by atoms with Crippen LogP contribution in [0.4, 0.5) is 0 Å². The van der Waals surface area contributed by atoms with E-state index in [1.165, 1.54) is 0 Å². The summed E-state index contributed by atoms with van der Waals surface area (Å²) in [6.07, 6.45) is 5.28. The standard InChI is InChI=1S/C24H33N3O3/c1-22(2)11-18-12-23(3,14-22)15-26(18)21(29)17-6-7-19-16(10-17)8-9-27(19)24(4,30-5)13-20(25)28/h6-10,18H,11-15H2,1-5H3,(H2,25,28). The molecule has 2 amide bonds. The first-order valence-corrected chi connectivity index (χ1v) is 10.7. The van der Waals surface area contributed by atoms with Crippen molar-refractivity contribution in [2.75, 3.05) is 13.7 Å². The number of nitrogens with two attached hydrogens (primary N) is 1. The number of hydrogen-bond acceptors (Lipinski definition) is 3. The molecule has 6 heteroatoms. The van der Waals surface area contributed by atoms with Crippen molar-refractivity contribution >= 4 is 22.7 Å². The number of aromatic nitrogens is 1. The van der Waals surface area contributed by atoms with Crippen molar-refractivity contribution in [2.45, 2.75) is 65.1 Å². The molecule has 2 fully saturated rings. The van der Waals surface area contributed by atoms with Crippen molar-refractivity contribution in [2.24, 2.45) is 16.6 Å². The molecule has 2 aromatic rings. The first-order chi connectivity index (χ1) is 14.0. The molecule has 1 aromatic carbocycles. The normalized spacial score (nSPS) is 27.2. The van der Waals surface area contributed by atoms with Crippen LogP contribution in [0.1, 0.15) is 63.7 Å². The van der Waals surface area contributed by atoms with Crippen LogP contribution in [0.3, 0.4) is 0 Å². The van der Waals surface area contributed by atoms with E-state index in [9.17, 15) is 9.59 Å². The van der Waals surface area contributed by atoms with Crippen LogP contribution in [0.5, 0.6) is 0 Å². The van der Waals surface area contributed by atoms with Crippen LogP contribution in [0, 0.1) is 10.8 Å². The highest BCUT2D eigenvalue weighted by atomic mass is 16.5. The number of benzene rings is 1. The third-order valence-corrected chi connectivity index (χ3v) is 7.06. The Labute approximate surface area is 178 Å². The van der Waals surface area contributed by atoms with Gasteiger partial charge in [0.05, 0.1) is 11.9 Å². The molecule has 3 unspecified atom stereocenters. The van der Waals surface area contributed by atoms with E-state index in [0.717, 1.165) is 36.7 Å². The lowest BCUT2D eigenvalue weighted by Gasteiger charge is -2.39. The third kappa shape index (κ3) is 3.51. The molecule has 0 radical (unpaired) electrons. The quantitative estimate of drug-likeness (QED) is 0.811. The Balaban J connectivity index is 1.64. The molecule has 1 aliphatic heterocycles. The minimum absolute atomic E-state index is 0.0672. The fourth-order valence-corrected chi connectivity index (χ4v) is 6.13. The molecule has 0 spiro atoms. The smallest absolute Gasteiger partial charge is 0.254 e. The number of methoxy groups -OCH3 is 1. The highest BCUT2D eigenvalue weighted by Crippen LogP contribution is 2.52. The maximum absolute atomic E-state index is 13.4. The molecule has 1 saturated heterocycles. The van der Waals surface area contributed by atoms with E-state index in [-0.39, 0.29) is 23.2 Å². The molecule has 4 rings (SSSR count). The highest BCUT2D eigenvalue weighted by molar-refractivity contribution is 5.98. The van der Waals surface area contributed by atoms with Gasteiger partial charge in [-0.15, -0.1) is 0 Å². The van der Waals surface area contributed by atoms with E-state index in [0.29, 0.717) is 11.6 Å². The predicted octanol–water partition coefficient (Wildman–Crippen LogP) is 3.88. The van der Waals surface area contributed by atoms with E-state index in [1.807, 2.05) is 42.0 Å². The number of hydrogen-bond donors (Lipinski definition) is 1. The molecule has 3 atom stereocenters. The molecule has 1 aromatic heterocycles. The van der Waals surface area contributed by atoms with Crippen molar-refractivity contribution in [3.63, 3.8) is 0 Å². The van der Waals surface area contributed by atoms with Crippen molar-refractivity contribution in [3.05, 3.63) is 36.0 Å². The number of amides is 2. The topological polar surface area (TPSA) is 77.6 Å². The van der Waals surface area contributed by atoms with Gasteiger partial charge in [0.15, 0.2) is 0 Å². The molecule has 1 aliphatic carbocycles. The van der Waals surface area contributed by atoms with E-state index in [4.69, 9.17) is 10.5 Å². The molecular weight excluding hydrogens is 378 g/mol. The van der Waals surface area contributed by atoms with Gasteiger partial charge in [-0.3, -0.25) is 9.59 Å². The summed E-state index contributed by atoms with van der Waals surface area (Å²) in [6, 6.07) is 8.05. The number of likely N-dealkylation sites (tertiary alicyclic amines) is 1. The lowest BCUT2D eigenvalue weighted by Crippen LogP contribution is -2.37. The fraction of sp³-hybridized carbons (Fsp3) is 0.583. The number of carbonyl (C=O) groups is 2. The summed E-state index contributed by atoms with van der Waals surface area (Å²) >= 11 is 0. The van der Waals surface area contributed by atoms with Crippen molar-refractivity contribution in [3.8, 4) is 0 Å². The lowest BCUT2D eigenvalue weighted by molar-refractivity contribution is -0.129. The molecule has 2 heterocycles. The summed E-state index contributed by atoms with van der Waals surface area (Å²) in [7, 11) is 1.57. The molecule has 162 valence electrons. The van der Waals surface area contributed by atoms with E-state index < -0.39 is 11.6 Å². The number of carbonyl (C=O) groups excluding carboxylic acids is 2. The van der Waals surface area contributed by atoms with E-state index in [1.54, 1.807) is 7.11 Å². The summed E-state index contributed by atoms with van der Waals surface area (Å²) in [5.41, 5.74) is 6.67. The lowest BCUT2D eigenvalue weighted by atomic mass is 9.65. The van der Waals surface area contributed by atoms with Crippen molar-refractivity contribution < 1.29 is 14.3 Å². The van der Waals surface area contributed by atoms with Gasteiger partial charge in [-0.05, 0) is 61.3 Å². The van der Waals surface area contributed by atoms with Gasteiger partial charge in [0.25, 0.3) is 5.91 Å². The number of fused-ring (bicyclic) bond motifs is 3. The van der Waals surface area contributed by atoms with Gasteiger partial charge >= 0.3 is 0 Å². The second-order valence-electron chi connectivity index (χ2n) is 10.6. The van der Waals surface area contributed by atoms with Crippen LogP contribution < -0.4 is 5.73 Å². The third-order valence-electron chi connectivity index (χ3n) is 7.06. The molecule has 1 saturated carbocycles. The average Bonchev–Trinajstić information content (AvgIpc) is 3.17. The first-order valence-electron chi connectivity index (χ1n) is 10.7. The molecule has 2 aliphatic rings. The molecule has 2 bridgehead atoms. The van der Waals surface area contributed by atoms with Gasteiger partial charge in [0, 0.05) is 36.8 Å². The summed E-state index contributed by atoms with van der Waals surface area (Å²) in [4.78, 5) is 27.1. The molecule has 6 nitrogen and oxygen atoms in total. The summed E-state index contributed by atoms with van der Waals surface area (Å²) in [5, 5.41) is 0.947. The maximum atomic E-state index is 13.4. The van der Waals surface area contributed by atoms with Gasteiger partial charge in [-0.25, -0.2) is 0 Å². The number of nitrogens with zero attached hydrogens (tertiary/aromatic N) is 2. The molecule has 30 heavy (non-hydrogen) atoms. The first kappa shape index (κ1) is 20.9. The summed E-state index contributed by atoms with van der Waals surface area (Å²) < 4.78 is 7.54. The highest BCUT2D eigenvalue weighted by Gasteiger charge is 2.51. The maximum Gasteiger partial charge on any atom is 0.254 e.